The van der Waals surface area contributed by atoms with Crippen LogP contribution in [0.5, 0.6) is 0 Å². The molecule has 25 heavy (non-hydrogen) atoms. The molecular weight excluding hydrogens is 344 g/mol. The van der Waals surface area contributed by atoms with Crippen LogP contribution in [0.25, 0.3) is 0 Å². The van der Waals surface area contributed by atoms with Crippen molar-refractivity contribution >= 4 is 15.9 Å². The van der Waals surface area contributed by atoms with E-state index in [1.54, 1.807) is 30.3 Å². The second-order valence-electron chi connectivity index (χ2n) is 5.67. The molecule has 2 rings (SSSR count). The number of primary amides is 1. The quantitative estimate of drug-likeness (QED) is 0.552. The maximum absolute atomic E-state index is 12.1. The summed E-state index contributed by atoms with van der Waals surface area (Å²) in [5.41, 5.74) is 3.76. The highest BCUT2D eigenvalue weighted by molar-refractivity contribution is 7.89. The third-order valence-electron chi connectivity index (χ3n) is 3.70. The van der Waals surface area contributed by atoms with Gasteiger partial charge < -0.3 is 15.9 Å². The number of aliphatic hydroxyl groups is 2. The second kappa shape index (κ2) is 7.32. The van der Waals surface area contributed by atoms with Crippen molar-refractivity contribution in [2.75, 3.05) is 6.54 Å². The van der Waals surface area contributed by atoms with Gasteiger partial charge in [-0.25, -0.2) is 13.1 Å². The molecule has 0 radical (unpaired) electrons. The first-order valence-electron chi connectivity index (χ1n) is 7.54. The van der Waals surface area contributed by atoms with Crippen molar-refractivity contribution in [3.63, 3.8) is 0 Å². The van der Waals surface area contributed by atoms with E-state index in [9.17, 15) is 23.4 Å². The summed E-state index contributed by atoms with van der Waals surface area (Å²) in [4.78, 5) is 11.8. The summed E-state index contributed by atoms with van der Waals surface area (Å²) in [5.74, 6) is -0.971. The Morgan fingerprint density at radius 2 is 1.64 bits per heavy atom. The minimum absolute atomic E-state index is 0.0585. The van der Waals surface area contributed by atoms with Gasteiger partial charge in [-0.2, -0.15) is 0 Å². The van der Waals surface area contributed by atoms with Crippen LogP contribution in [-0.4, -0.2) is 37.2 Å². The van der Waals surface area contributed by atoms with E-state index < -0.39 is 27.6 Å². The molecule has 2 aromatic rings. The average molecular weight is 364 g/mol. The Morgan fingerprint density at radius 1 is 1.12 bits per heavy atom. The van der Waals surface area contributed by atoms with Crippen LogP contribution in [0.15, 0.2) is 59.5 Å². The fourth-order valence-corrected chi connectivity index (χ4v) is 3.44. The fourth-order valence-electron chi connectivity index (χ4n) is 2.32. The number of amides is 1. The van der Waals surface area contributed by atoms with E-state index in [4.69, 9.17) is 5.73 Å². The normalized spacial score (nSPS) is 15.3. The molecule has 0 spiro atoms. The van der Waals surface area contributed by atoms with Gasteiger partial charge in [0, 0.05) is 6.54 Å². The van der Waals surface area contributed by atoms with Gasteiger partial charge in [0.1, 0.15) is 0 Å². The molecule has 0 aromatic heterocycles. The molecular formula is C17H20N2O5S. The first-order chi connectivity index (χ1) is 11.7. The van der Waals surface area contributed by atoms with Gasteiger partial charge in [0.05, 0.1) is 11.0 Å². The van der Waals surface area contributed by atoms with Gasteiger partial charge in [-0.3, -0.25) is 4.79 Å². The molecule has 0 saturated carbocycles. The number of sulfonamides is 1. The van der Waals surface area contributed by atoms with Crippen molar-refractivity contribution in [1.29, 1.82) is 0 Å². The second-order valence-corrected chi connectivity index (χ2v) is 7.43. The fraction of sp³-hybridized carbons (Fsp3) is 0.235. The Balaban J connectivity index is 2.39. The van der Waals surface area contributed by atoms with Crippen LogP contribution in [0.4, 0.5) is 0 Å². The zero-order chi connectivity index (χ0) is 18.7. The number of carbonyl (C=O) groups excluding carboxylic acids is 1. The number of benzene rings is 2. The number of hydrogen-bond donors (Lipinski definition) is 4. The van der Waals surface area contributed by atoms with E-state index in [0.717, 1.165) is 0 Å². The van der Waals surface area contributed by atoms with Gasteiger partial charge in [0.15, 0.2) is 5.60 Å². The summed E-state index contributed by atoms with van der Waals surface area (Å²) in [5, 5.41) is 20.0. The lowest BCUT2D eigenvalue weighted by molar-refractivity contribution is -0.133. The molecule has 0 fully saturated rings. The highest BCUT2D eigenvalue weighted by atomic mass is 32.2. The van der Waals surface area contributed by atoms with Crippen molar-refractivity contribution in [3.8, 4) is 0 Å². The summed E-state index contributed by atoms with van der Waals surface area (Å²) >= 11 is 0. The Morgan fingerprint density at radius 3 is 2.12 bits per heavy atom. The standard InChI is InChI=1S/C17H20N2O5S/c1-12(20)11-19-25(23,24)15-9-7-14(8-10-15)17(22,16(18)21)13-5-3-2-4-6-13/h2-10,12,19-20,22H,11H2,1H3,(H2,18,21)/t12-,17?/m0/s1. The van der Waals surface area contributed by atoms with Crippen molar-refractivity contribution in [2.45, 2.75) is 23.5 Å². The van der Waals surface area contributed by atoms with Crippen LogP contribution in [-0.2, 0) is 20.4 Å². The molecule has 134 valence electrons. The highest BCUT2D eigenvalue weighted by Crippen LogP contribution is 2.30. The Kier molecular flexibility index (Phi) is 5.58. The molecule has 2 atom stereocenters. The predicted molar refractivity (Wildman–Crippen MR) is 91.9 cm³/mol. The molecule has 0 bridgehead atoms. The smallest absolute Gasteiger partial charge is 0.258 e. The first kappa shape index (κ1) is 19.1. The lowest BCUT2D eigenvalue weighted by atomic mass is 9.86. The van der Waals surface area contributed by atoms with E-state index >= 15 is 0 Å². The van der Waals surface area contributed by atoms with Crippen LogP contribution in [0, 0.1) is 0 Å². The molecule has 2 aromatic carbocycles. The van der Waals surface area contributed by atoms with Crippen LogP contribution < -0.4 is 10.5 Å². The van der Waals surface area contributed by atoms with E-state index in [0.29, 0.717) is 0 Å². The summed E-state index contributed by atoms with van der Waals surface area (Å²) in [6.07, 6.45) is -0.827. The lowest BCUT2D eigenvalue weighted by Crippen LogP contribution is -2.42. The number of hydrogen-bond acceptors (Lipinski definition) is 5. The summed E-state index contributed by atoms with van der Waals surface area (Å²) in [7, 11) is -3.81. The maximum Gasteiger partial charge on any atom is 0.258 e. The Labute approximate surface area is 146 Å². The molecule has 0 saturated heterocycles. The number of carbonyl (C=O) groups is 1. The van der Waals surface area contributed by atoms with Crippen LogP contribution in [0.1, 0.15) is 18.1 Å². The number of nitrogens with one attached hydrogen (secondary N) is 1. The topological polar surface area (TPSA) is 130 Å². The van der Waals surface area contributed by atoms with Gasteiger partial charge in [-0.15, -0.1) is 0 Å². The van der Waals surface area contributed by atoms with Crippen molar-refractivity contribution < 1.29 is 23.4 Å². The lowest BCUT2D eigenvalue weighted by Gasteiger charge is -2.25. The van der Waals surface area contributed by atoms with Crippen molar-refractivity contribution in [3.05, 3.63) is 65.7 Å². The molecule has 7 nitrogen and oxygen atoms in total. The predicted octanol–water partition coefficient (Wildman–Crippen LogP) is 0.0669. The Hall–Kier alpha value is -2.26. The van der Waals surface area contributed by atoms with Gasteiger partial charge >= 0.3 is 0 Å². The van der Waals surface area contributed by atoms with E-state index in [2.05, 4.69) is 4.72 Å². The van der Waals surface area contributed by atoms with Crippen molar-refractivity contribution in [2.24, 2.45) is 5.73 Å². The van der Waals surface area contributed by atoms with E-state index in [1.165, 1.54) is 31.2 Å². The number of aliphatic hydroxyl groups excluding tert-OH is 1. The monoisotopic (exact) mass is 364 g/mol. The highest BCUT2D eigenvalue weighted by Gasteiger charge is 2.38. The molecule has 0 aliphatic carbocycles. The van der Waals surface area contributed by atoms with Crippen LogP contribution >= 0.6 is 0 Å². The van der Waals surface area contributed by atoms with Crippen LogP contribution in [0.2, 0.25) is 0 Å². The zero-order valence-electron chi connectivity index (χ0n) is 13.6. The maximum atomic E-state index is 12.1. The number of nitrogens with two attached hydrogens (primary N) is 1. The SMILES string of the molecule is C[C@H](O)CNS(=O)(=O)c1ccc(C(O)(C(N)=O)c2ccccc2)cc1. The molecule has 0 heterocycles. The number of rotatable bonds is 7. The summed E-state index contributed by atoms with van der Waals surface area (Å²) < 4.78 is 26.5. The van der Waals surface area contributed by atoms with Gasteiger partial charge in [-0.1, -0.05) is 42.5 Å². The molecule has 5 N–H and O–H groups in total. The van der Waals surface area contributed by atoms with Crippen molar-refractivity contribution in [1.82, 2.24) is 4.72 Å². The largest absolute Gasteiger partial charge is 0.392 e. The Bertz CT molecular complexity index is 835. The molecule has 1 amide bonds. The van der Waals surface area contributed by atoms with E-state index in [-0.39, 0.29) is 22.6 Å². The molecule has 8 heteroatoms. The molecule has 0 aliphatic heterocycles. The first-order valence-corrected chi connectivity index (χ1v) is 9.02. The van der Waals surface area contributed by atoms with E-state index in [1.807, 2.05) is 0 Å². The van der Waals surface area contributed by atoms with Crippen LogP contribution in [0.3, 0.4) is 0 Å². The molecule has 1 unspecified atom stereocenters. The van der Waals surface area contributed by atoms with Gasteiger partial charge in [0.25, 0.3) is 5.91 Å². The average Bonchev–Trinajstić information content (AvgIpc) is 2.60. The third kappa shape index (κ3) is 4.05. The summed E-state index contributed by atoms with van der Waals surface area (Å²) in [6, 6.07) is 13.3. The minimum Gasteiger partial charge on any atom is -0.392 e. The third-order valence-corrected chi connectivity index (χ3v) is 5.14. The molecule has 0 aliphatic rings. The van der Waals surface area contributed by atoms with Gasteiger partial charge in [-0.05, 0) is 30.2 Å². The zero-order valence-corrected chi connectivity index (χ0v) is 14.4. The van der Waals surface area contributed by atoms with Gasteiger partial charge in [0.2, 0.25) is 10.0 Å². The summed E-state index contributed by atoms with van der Waals surface area (Å²) in [6.45, 7) is 1.33. The minimum atomic E-state index is -3.81.